The van der Waals surface area contributed by atoms with Gasteiger partial charge in [0, 0.05) is 20.0 Å². The predicted octanol–water partition coefficient (Wildman–Crippen LogP) is 4.32. The zero-order chi connectivity index (χ0) is 34.3. The number of carbonyl (C=O) groups is 4. The quantitative estimate of drug-likeness (QED) is 0.371. The Bertz CT molecular complexity index is 1630. The second kappa shape index (κ2) is 13.5. The molecule has 11 heteroatoms. The van der Waals surface area contributed by atoms with Gasteiger partial charge in [-0.15, -0.1) is 0 Å². The number of aliphatic hydroxyl groups is 1. The molecule has 2 aromatic carbocycles. The van der Waals surface area contributed by atoms with Gasteiger partial charge in [-0.3, -0.25) is 19.2 Å². The Labute approximate surface area is 285 Å². The zero-order valence-electron chi connectivity index (χ0n) is 27.6. The predicted molar refractivity (Wildman–Crippen MR) is 180 cm³/mol. The molecule has 254 valence electrons. The van der Waals surface area contributed by atoms with E-state index in [0.717, 1.165) is 0 Å². The van der Waals surface area contributed by atoms with E-state index in [-0.39, 0.29) is 24.8 Å². The molecule has 5 bridgehead atoms. The zero-order valence-corrected chi connectivity index (χ0v) is 28.3. The van der Waals surface area contributed by atoms with Gasteiger partial charge in [0.2, 0.25) is 11.8 Å². The molecular weight excluding hydrogens is 634 g/mol. The van der Waals surface area contributed by atoms with E-state index >= 15 is 0 Å². The van der Waals surface area contributed by atoms with Gasteiger partial charge >= 0.3 is 5.97 Å². The summed E-state index contributed by atoms with van der Waals surface area (Å²) in [5.74, 6) is -4.06. The van der Waals surface area contributed by atoms with Crippen LogP contribution in [0.15, 0.2) is 78.9 Å². The smallest absolute Gasteiger partial charge is 0.313 e. The Morgan fingerprint density at radius 1 is 1.00 bits per heavy atom. The van der Waals surface area contributed by atoms with E-state index in [0.29, 0.717) is 22.7 Å². The van der Waals surface area contributed by atoms with Crippen LogP contribution < -0.4 is 4.90 Å². The summed E-state index contributed by atoms with van der Waals surface area (Å²) >= 11 is 6.65. The minimum Gasteiger partial charge on any atom is -0.455 e. The molecule has 3 amide bonds. The van der Waals surface area contributed by atoms with E-state index in [9.17, 15) is 24.3 Å². The lowest BCUT2D eigenvalue weighted by Gasteiger charge is -2.40. The minimum absolute atomic E-state index is 0.0996. The Morgan fingerprint density at radius 3 is 2.40 bits per heavy atom. The van der Waals surface area contributed by atoms with E-state index in [1.54, 1.807) is 48.4 Å². The summed E-state index contributed by atoms with van der Waals surface area (Å²) in [5.41, 5.74) is -0.345. The van der Waals surface area contributed by atoms with Crippen LogP contribution in [0.2, 0.25) is 5.02 Å². The van der Waals surface area contributed by atoms with Crippen molar-refractivity contribution in [3.05, 3.63) is 89.5 Å². The number of anilines is 1. The number of hydrogen-bond donors (Lipinski definition) is 1. The van der Waals surface area contributed by atoms with E-state index in [1.807, 2.05) is 63.3 Å². The van der Waals surface area contributed by atoms with Crippen LogP contribution in [-0.4, -0.2) is 88.6 Å². The van der Waals surface area contributed by atoms with Crippen LogP contribution in [-0.2, 0) is 28.7 Å². The molecule has 8 atom stereocenters. The van der Waals surface area contributed by atoms with Gasteiger partial charge in [-0.25, -0.2) is 0 Å². The van der Waals surface area contributed by atoms with Gasteiger partial charge in [-0.05, 0) is 37.0 Å². The van der Waals surface area contributed by atoms with Crippen LogP contribution in [0.5, 0.6) is 0 Å². The molecule has 1 N–H and O–H groups in total. The fourth-order valence-electron chi connectivity index (χ4n) is 7.66. The summed E-state index contributed by atoms with van der Waals surface area (Å²) in [6.45, 7) is 5.29. The number of halogens is 1. The molecule has 6 rings (SSSR count). The van der Waals surface area contributed by atoms with Gasteiger partial charge in [0.25, 0.3) is 5.91 Å². The molecule has 10 nitrogen and oxygen atoms in total. The SMILES string of the molecule is CC(C)[C@H](CO)N1C(=O)[C@H]2[C@@H]3C(=O)O[C@H](c4ccccc4)[C@@H](C)N(C)C(=O)CC/C=C\CN(c4ccccc4Cl)C(=O)[C@H]1[C@@]21C=C[C@@H]3O1. The van der Waals surface area contributed by atoms with Crippen molar-refractivity contribution in [2.24, 2.45) is 17.8 Å². The number of nitrogens with zero attached hydrogens (tertiary/aromatic N) is 3. The van der Waals surface area contributed by atoms with Gasteiger partial charge in [0.15, 0.2) is 0 Å². The van der Waals surface area contributed by atoms with Crippen LogP contribution in [0.4, 0.5) is 5.69 Å². The molecule has 0 unspecified atom stereocenters. The molecule has 2 saturated heterocycles. The number of fused-ring (bicyclic) bond motifs is 2. The van der Waals surface area contributed by atoms with Gasteiger partial charge in [0.1, 0.15) is 23.7 Å². The Balaban J connectivity index is 1.50. The standard InChI is InChI=1S/C37H42ClN3O7/c1-22(2)27(21-42)41-33-35(45)40(26-16-11-10-15-25(26)38)20-12-6-9-17-29(43)39(4)23(3)32(24-13-7-5-8-14-24)47-36(46)30-28-18-19-37(33,48-28)31(30)34(41)44/h5-8,10-16,18-19,22-23,27-28,30-33,42H,9,17,20-21H2,1-4H3/b12-6-/t23-,27+,28+,30-,31-,32+,33+,37-/m1/s1. The van der Waals surface area contributed by atoms with Crippen molar-refractivity contribution in [2.75, 3.05) is 25.1 Å². The number of rotatable bonds is 5. The van der Waals surface area contributed by atoms with Crippen LogP contribution in [0.25, 0.3) is 0 Å². The van der Waals surface area contributed by atoms with Crippen LogP contribution >= 0.6 is 11.6 Å². The summed E-state index contributed by atoms with van der Waals surface area (Å²) in [6.07, 6.45) is 6.09. The topological polar surface area (TPSA) is 117 Å². The van der Waals surface area contributed by atoms with E-state index in [1.165, 1.54) is 9.80 Å². The van der Waals surface area contributed by atoms with Crippen molar-refractivity contribution in [3.8, 4) is 0 Å². The second-order valence-corrected chi connectivity index (χ2v) is 13.8. The molecular formula is C37H42ClN3O7. The van der Waals surface area contributed by atoms with E-state index in [4.69, 9.17) is 21.1 Å². The Hall–Kier alpha value is -3.99. The highest BCUT2D eigenvalue weighted by molar-refractivity contribution is 6.34. The monoisotopic (exact) mass is 675 g/mol. The number of cyclic esters (lactones) is 1. The number of carbonyl (C=O) groups excluding carboxylic acids is 4. The third kappa shape index (κ3) is 5.63. The minimum atomic E-state index is -1.48. The highest BCUT2D eigenvalue weighted by atomic mass is 35.5. The molecule has 0 aromatic heterocycles. The van der Waals surface area contributed by atoms with Gasteiger partial charge < -0.3 is 29.3 Å². The first-order valence-electron chi connectivity index (χ1n) is 16.5. The average molecular weight is 676 g/mol. The number of likely N-dealkylation sites (N-methyl/N-ethyl adjacent to an activating group) is 1. The summed E-state index contributed by atoms with van der Waals surface area (Å²) in [5, 5.41) is 10.9. The van der Waals surface area contributed by atoms with Crippen molar-refractivity contribution < 1.29 is 33.8 Å². The molecule has 0 saturated carbocycles. The van der Waals surface area contributed by atoms with Crippen LogP contribution in [0.1, 0.15) is 45.3 Å². The number of hydrogen-bond acceptors (Lipinski definition) is 7. The van der Waals surface area contributed by atoms with Gasteiger partial charge in [-0.2, -0.15) is 0 Å². The molecule has 4 heterocycles. The Kier molecular flexibility index (Phi) is 9.53. The number of ether oxygens (including phenoxy) is 2. The Morgan fingerprint density at radius 2 is 1.71 bits per heavy atom. The average Bonchev–Trinajstić information content (AvgIpc) is 3.72. The first kappa shape index (κ1) is 33.9. The highest BCUT2D eigenvalue weighted by Crippen LogP contribution is 2.57. The fraction of sp³-hybridized carbons (Fsp3) is 0.459. The number of benzene rings is 2. The molecule has 0 aliphatic carbocycles. The maximum absolute atomic E-state index is 15.0. The maximum atomic E-state index is 15.0. The van der Waals surface area contributed by atoms with Crippen molar-refractivity contribution in [1.29, 1.82) is 0 Å². The summed E-state index contributed by atoms with van der Waals surface area (Å²) in [7, 11) is 1.69. The largest absolute Gasteiger partial charge is 0.455 e. The first-order chi connectivity index (χ1) is 23.0. The molecule has 1 spiro atoms. The number of likely N-dealkylation sites (tertiary alicyclic amines) is 1. The van der Waals surface area contributed by atoms with Crippen molar-refractivity contribution in [1.82, 2.24) is 9.80 Å². The lowest BCUT2D eigenvalue weighted by molar-refractivity contribution is -0.164. The number of esters is 1. The number of allylic oxidation sites excluding steroid dienone is 1. The van der Waals surface area contributed by atoms with Crippen LogP contribution in [0, 0.1) is 17.8 Å². The first-order valence-corrected chi connectivity index (χ1v) is 16.9. The molecule has 4 aliphatic rings. The van der Waals surface area contributed by atoms with Gasteiger partial charge in [-0.1, -0.05) is 92.2 Å². The molecule has 48 heavy (non-hydrogen) atoms. The molecule has 4 aliphatic heterocycles. The van der Waals surface area contributed by atoms with E-state index in [2.05, 4.69) is 0 Å². The molecule has 0 radical (unpaired) electrons. The lowest BCUT2D eigenvalue weighted by atomic mass is 9.74. The maximum Gasteiger partial charge on any atom is 0.313 e. The van der Waals surface area contributed by atoms with Crippen LogP contribution in [0.3, 0.4) is 0 Å². The molecule has 2 fully saturated rings. The highest BCUT2D eigenvalue weighted by Gasteiger charge is 2.74. The third-order valence-electron chi connectivity index (χ3n) is 10.3. The normalized spacial score (nSPS) is 32.2. The number of aliphatic hydroxyl groups excluding tert-OH is 1. The lowest BCUT2D eigenvalue weighted by Crippen LogP contribution is -2.59. The number of amides is 3. The summed E-state index contributed by atoms with van der Waals surface area (Å²) < 4.78 is 12.9. The summed E-state index contributed by atoms with van der Waals surface area (Å²) in [6, 6.07) is 13.7. The van der Waals surface area contributed by atoms with Crippen molar-refractivity contribution in [2.45, 2.75) is 69.5 Å². The van der Waals surface area contributed by atoms with E-state index < -0.39 is 72.2 Å². The fourth-order valence-corrected chi connectivity index (χ4v) is 7.90. The molecule has 2 aromatic rings. The van der Waals surface area contributed by atoms with Crippen molar-refractivity contribution in [3.63, 3.8) is 0 Å². The van der Waals surface area contributed by atoms with Crippen molar-refractivity contribution >= 4 is 41.0 Å². The third-order valence-corrected chi connectivity index (χ3v) is 10.7. The second-order valence-electron chi connectivity index (χ2n) is 13.4. The summed E-state index contributed by atoms with van der Waals surface area (Å²) in [4.78, 5) is 61.9. The number of para-hydroxylation sites is 1. The van der Waals surface area contributed by atoms with Gasteiger partial charge in [0.05, 0.1) is 41.4 Å².